The van der Waals surface area contributed by atoms with E-state index in [-0.39, 0.29) is 22.5 Å². The number of anilines is 2. The molecule has 12 heteroatoms. The monoisotopic (exact) mass is 391 g/mol. The third-order valence-electron chi connectivity index (χ3n) is 3.19. The highest BCUT2D eigenvalue weighted by Crippen LogP contribution is 2.44. The summed E-state index contributed by atoms with van der Waals surface area (Å²) in [4.78, 5) is 19.7. The lowest BCUT2D eigenvalue weighted by Gasteiger charge is -2.15. The predicted molar refractivity (Wildman–Crippen MR) is 86.0 cm³/mol. The number of nitrogens with zero attached hydrogens (tertiary/aromatic N) is 2. The van der Waals surface area contributed by atoms with E-state index in [2.05, 4.69) is 5.32 Å². The summed E-state index contributed by atoms with van der Waals surface area (Å²) in [6.45, 7) is 0. The Labute approximate surface area is 148 Å². The quantitative estimate of drug-likeness (QED) is 0.572. The average molecular weight is 392 g/mol. The maximum atomic E-state index is 13.3. The van der Waals surface area contributed by atoms with Crippen LogP contribution in [0, 0.1) is 20.2 Å². The molecule has 0 aliphatic heterocycles. The van der Waals surface area contributed by atoms with Gasteiger partial charge in [0, 0.05) is 22.8 Å². The van der Waals surface area contributed by atoms with Gasteiger partial charge in [-0.05, 0) is 12.1 Å². The number of nitro benzene ring substituents is 2. The summed E-state index contributed by atoms with van der Waals surface area (Å²) in [5.74, 6) is 0.193. The van der Waals surface area contributed by atoms with Gasteiger partial charge in [0.15, 0.2) is 0 Å². The van der Waals surface area contributed by atoms with Crippen molar-refractivity contribution in [2.45, 2.75) is 6.18 Å². The fourth-order valence-electron chi connectivity index (χ4n) is 2.11. The standard InChI is InChI=1S/C14H9ClF3N3O5/c1-26-10-3-7(15)2-8(4-10)19-13-11(14(16,17)18)5-9(20(22)23)6-12(13)21(24)25/h2-6,19H,1H3. The number of ether oxygens (including phenoxy) is 1. The molecule has 8 nitrogen and oxygen atoms in total. The van der Waals surface area contributed by atoms with Gasteiger partial charge in [-0.25, -0.2) is 0 Å². The van der Waals surface area contributed by atoms with Gasteiger partial charge in [-0.15, -0.1) is 0 Å². The van der Waals surface area contributed by atoms with E-state index >= 15 is 0 Å². The van der Waals surface area contributed by atoms with E-state index in [1.54, 1.807) is 0 Å². The van der Waals surface area contributed by atoms with Crippen LogP contribution in [-0.4, -0.2) is 17.0 Å². The third kappa shape index (κ3) is 4.11. The van der Waals surface area contributed by atoms with Crippen molar-refractivity contribution in [1.82, 2.24) is 0 Å². The molecule has 0 radical (unpaired) electrons. The van der Waals surface area contributed by atoms with Crippen molar-refractivity contribution in [2.24, 2.45) is 0 Å². The first-order valence-electron chi connectivity index (χ1n) is 6.68. The molecule has 0 unspecified atom stereocenters. The van der Waals surface area contributed by atoms with Crippen LogP contribution in [0.2, 0.25) is 5.02 Å². The maximum absolute atomic E-state index is 13.3. The summed E-state index contributed by atoms with van der Waals surface area (Å²) < 4.78 is 44.9. The van der Waals surface area contributed by atoms with Crippen LogP contribution in [0.4, 0.5) is 35.9 Å². The van der Waals surface area contributed by atoms with Gasteiger partial charge in [0.1, 0.15) is 11.4 Å². The number of alkyl halides is 3. The zero-order valence-corrected chi connectivity index (χ0v) is 13.6. The first-order chi connectivity index (χ1) is 12.0. The molecule has 0 atom stereocenters. The van der Waals surface area contributed by atoms with Crippen LogP contribution >= 0.6 is 11.6 Å². The molecule has 0 aromatic heterocycles. The number of rotatable bonds is 5. The lowest BCUT2D eigenvalue weighted by molar-refractivity contribution is -0.394. The highest BCUT2D eigenvalue weighted by Gasteiger charge is 2.39. The molecule has 26 heavy (non-hydrogen) atoms. The van der Waals surface area contributed by atoms with Gasteiger partial charge in [0.2, 0.25) is 0 Å². The molecule has 0 amide bonds. The lowest BCUT2D eigenvalue weighted by atomic mass is 10.1. The Bertz CT molecular complexity index is 889. The molecule has 2 rings (SSSR count). The van der Waals surface area contributed by atoms with Crippen LogP contribution in [0.25, 0.3) is 0 Å². The number of nitro groups is 2. The number of non-ortho nitro benzene ring substituents is 1. The van der Waals surface area contributed by atoms with E-state index in [9.17, 15) is 33.4 Å². The van der Waals surface area contributed by atoms with Crippen molar-refractivity contribution in [1.29, 1.82) is 0 Å². The molecule has 2 aromatic carbocycles. The van der Waals surface area contributed by atoms with Gasteiger partial charge < -0.3 is 10.1 Å². The average Bonchev–Trinajstić information content (AvgIpc) is 2.52. The summed E-state index contributed by atoms with van der Waals surface area (Å²) in [6, 6.07) is 4.52. The summed E-state index contributed by atoms with van der Waals surface area (Å²) in [7, 11) is 1.30. The van der Waals surface area contributed by atoms with E-state index in [1.807, 2.05) is 0 Å². The van der Waals surface area contributed by atoms with Crippen LogP contribution in [-0.2, 0) is 6.18 Å². The smallest absolute Gasteiger partial charge is 0.418 e. The number of nitrogens with one attached hydrogen (secondary N) is 1. The minimum Gasteiger partial charge on any atom is -0.497 e. The first kappa shape index (κ1) is 19.2. The number of hydrogen-bond donors (Lipinski definition) is 1. The molecule has 0 saturated heterocycles. The van der Waals surface area contributed by atoms with Crippen LogP contribution in [0.15, 0.2) is 30.3 Å². The Hall–Kier alpha value is -3.08. The second kappa shape index (κ2) is 7.04. The third-order valence-corrected chi connectivity index (χ3v) is 3.41. The summed E-state index contributed by atoms with van der Waals surface area (Å²) in [5.41, 5.74) is -4.70. The van der Waals surface area contributed by atoms with Gasteiger partial charge >= 0.3 is 6.18 Å². The summed E-state index contributed by atoms with van der Waals surface area (Å²) in [6.07, 6.45) is -5.08. The Kier molecular flexibility index (Phi) is 5.21. The van der Waals surface area contributed by atoms with Crippen molar-refractivity contribution in [3.63, 3.8) is 0 Å². The van der Waals surface area contributed by atoms with Gasteiger partial charge in [-0.2, -0.15) is 13.2 Å². The van der Waals surface area contributed by atoms with E-state index in [1.165, 1.54) is 25.3 Å². The SMILES string of the molecule is COc1cc(Cl)cc(Nc2c([N+](=O)[O-])cc([N+](=O)[O-])cc2C(F)(F)F)c1. The largest absolute Gasteiger partial charge is 0.497 e. The van der Waals surface area contributed by atoms with Crippen LogP contribution < -0.4 is 10.1 Å². The molecule has 0 bridgehead atoms. The fourth-order valence-corrected chi connectivity index (χ4v) is 2.34. The van der Waals surface area contributed by atoms with Crippen molar-refractivity contribution in [3.8, 4) is 5.75 Å². The minimum atomic E-state index is -5.08. The van der Waals surface area contributed by atoms with E-state index in [4.69, 9.17) is 16.3 Å². The van der Waals surface area contributed by atoms with Gasteiger partial charge in [-0.1, -0.05) is 11.6 Å². The zero-order valence-electron chi connectivity index (χ0n) is 12.8. The molecular formula is C14H9ClF3N3O5. The molecule has 0 spiro atoms. The maximum Gasteiger partial charge on any atom is 0.418 e. The fraction of sp³-hybridized carbons (Fsp3) is 0.143. The Balaban J connectivity index is 2.71. The van der Waals surface area contributed by atoms with Gasteiger partial charge in [0.05, 0.1) is 28.6 Å². The number of benzene rings is 2. The van der Waals surface area contributed by atoms with Crippen molar-refractivity contribution in [3.05, 3.63) is 61.1 Å². The lowest BCUT2D eigenvalue weighted by Crippen LogP contribution is -2.12. The normalized spacial score (nSPS) is 11.1. The molecule has 0 fully saturated rings. The molecule has 1 N–H and O–H groups in total. The second-order valence-corrected chi connectivity index (χ2v) is 5.34. The predicted octanol–water partition coefficient (Wildman–Crippen LogP) is 4.93. The van der Waals surface area contributed by atoms with Crippen LogP contribution in [0.3, 0.4) is 0 Å². The van der Waals surface area contributed by atoms with E-state index in [0.29, 0.717) is 6.07 Å². The zero-order chi connectivity index (χ0) is 19.6. The molecular weight excluding hydrogens is 383 g/mol. The molecule has 0 aliphatic rings. The van der Waals surface area contributed by atoms with Crippen molar-refractivity contribution in [2.75, 3.05) is 12.4 Å². The van der Waals surface area contributed by atoms with Crippen LogP contribution in [0.1, 0.15) is 5.56 Å². The molecule has 2 aromatic rings. The van der Waals surface area contributed by atoms with E-state index in [0.717, 1.165) is 0 Å². The van der Waals surface area contributed by atoms with Crippen molar-refractivity contribution < 1.29 is 27.8 Å². The first-order valence-corrected chi connectivity index (χ1v) is 7.06. The summed E-state index contributed by atoms with van der Waals surface area (Å²) in [5, 5.41) is 24.4. The minimum absolute atomic E-state index is 0.0307. The Morgan fingerprint density at radius 1 is 1.08 bits per heavy atom. The number of methoxy groups -OCH3 is 1. The molecule has 0 heterocycles. The molecule has 0 saturated carbocycles. The second-order valence-electron chi connectivity index (χ2n) is 4.90. The van der Waals surface area contributed by atoms with Gasteiger partial charge in [-0.3, -0.25) is 20.2 Å². The molecule has 0 aliphatic carbocycles. The highest BCUT2D eigenvalue weighted by atomic mass is 35.5. The Morgan fingerprint density at radius 3 is 2.23 bits per heavy atom. The van der Waals surface area contributed by atoms with E-state index < -0.39 is 38.6 Å². The van der Waals surface area contributed by atoms with Gasteiger partial charge in [0.25, 0.3) is 11.4 Å². The molecule has 138 valence electrons. The number of halogens is 4. The Morgan fingerprint density at radius 2 is 1.73 bits per heavy atom. The van der Waals surface area contributed by atoms with Crippen molar-refractivity contribution >= 4 is 34.4 Å². The number of hydrogen-bond acceptors (Lipinski definition) is 6. The van der Waals surface area contributed by atoms with Crippen LogP contribution in [0.5, 0.6) is 5.75 Å². The topological polar surface area (TPSA) is 108 Å². The highest BCUT2D eigenvalue weighted by molar-refractivity contribution is 6.31. The summed E-state index contributed by atoms with van der Waals surface area (Å²) >= 11 is 5.83.